The van der Waals surface area contributed by atoms with Gasteiger partial charge in [0.1, 0.15) is 0 Å². The summed E-state index contributed by atoms with van der Waals surface area (Å²) in [7, 11) is 0. The van der Waals surface area contributed by atoms with Gasteiger partial charge in [-0.1, -0.05) is 50.1 Å². The van der Waals surface area contributed by atoms with E-state index in [0.29, 0.717) is 5.41 Å². The van der Waals surface area contributed by atoms with Crippen LogP contribution in [0.3, 0.4) is 0 Å². The van der Waals surface area contributed by atoms with Crippen molar-refractivity contribution in [3.8, 4) is 0 Å². The quantitative estimate of drug-likeness (QED) is 0.705. The molecule has 1 fully saturated rings. The van der Waals surface area contributed by atoms with Crippen molar-refractivity contribution in [3.05, 3.63) is 34.9 Å². The Bertz CT molecular complexity index is 449. The predicted molar refractivity (Wildman–Crippen MR) is 85.8 cm³/mol. The Hall–Kier alpha value is -0.820. The highest BCUT2D eigenvalue weighted by Crippen LogP contribution is 2.43. The van der Waals surface area contributed by atoms with Gasteiger partial charge in [0, 0.05) is 0 Å². The van der Waals surface area contributed by atoms with Gasteiger partial charge in [0.15, 0.2) is 0 Å². The average molecular weight is 274 g/mol. The van der Waals surface area contributed by atoms with Crippen molar-refractivity contribution in [1.82, 2.24) is 0 Å². The van der Waals surface area contributed by atoms with Crippen molar-refractivity contribution in [2.75, 3.05) is 0 Å². The Kier molecular flexibility index (Phi) is 4.30. The molecule has 0 heterocycles. The number of aliphatic hydroxyl groups is 1. The largest absolute Gasteiger partial charge is 0.385 e. The molecule has 0 radical (unpaired) electrons. The van der Waals surface area contributed by atoms with Gasteiger partial charge in [-0.05, 0) is 62.8 Å². The fourth-order valence-corrected chi connectivity index (χ4v) is 3.72. The Balaban J connectivity index is 2.23. The molecule has 0 saturated heterocycles. The van der Waals surface area contributed by atoms with Crippen LogP contribution < -0.4 is 0 Å². The first-order chi connectivity index (χ1) is 9.21. The molecular formula is C19H30O. The highest BCUT2D eigenvalue weighted by Gasteiger charge is 2.35. The zero-order chi connectivity index (χ0) is 15.0. The van der Waals surface area contributed by atoms with Gasteiger partial charge in [-0.15, -0.1) is 0 Å². The SMILES string of the molecule is Cc1cc(C)cc(C2(O)CCCC(C(C)(C)C)CC2)c1. The van der Waals surface area contributed by atoms with Gasteiger partial charge < -0.3 is 5.11 Å². The highest BCUT2D eigenvalue weighted by atomic mass is 16.3. The summed E-state index contributed by atoms with van der Waals surface area (Å²) in [6, 6.07) is 6.52. The maximum absolute atomic E-state index is 11.2. The first-order valence-corrected chi connectivity index (χ1v) is 8.02. The summed E-state index contributed by atoms with van der Waals surface area (Å²) in [5.74, 6) is 0.724. The van der Waals surface area contributed by atoms with Crippen LogP contribution >= 0.6 is 0 Å². The Labute approximate surface area is 124 Å². The van der Waals surface area contributed by atoms with Crippen LogP contribution in [0.15, 0.2) is 18.2 Å². The Morgan fingerprint density at radius 3 is 2.15 bits per heavy atom. The fourth-order valence-electron chi connectivity index (χ4n) is 3.72. The molecule has 1 aromatic rings. The minimum Gasteiger partial charge on any atom is -0.385 e. The molecule has 1 aromatic carbocycles. The second-order valence-corrected chi connectivity index (χ2v) is 7.90. The van der Waals surface area contributed by atoms with Gasteiger partial charge in [-0.2, -0.15) is 0 Å². The molecule has 2 atom stereocenters. The second-order valence-electron chi connectivity index (χ2n) is 7.90. The van der Waals surface area contributed by atoms with Crippen molar-refractivity contribution >= 4 is 0 Å². The van der Waals surface area contributed by atoms with Gasteiger partial charge in [-0.25, -0.2) is 0 Å². The van der Waals surface area contributed by atoms with Crippen LogP contribution in [0, 0.1) is 25.2 Å². The summed E-state index contributed by atoms with van der Waals surface area (Å²) >= 11 is 0. The summed E-state index contributed by atoms with van der Waals surface area (Å²) in [5.41, 5.74) is 3.38. The molecule has 1 heteroatoms. The lowest BCUT2D eigenvalue weighted by Crippen LogP contribution is -2.26. The van der Waals surface area contributed by atoms with E-state index in [4.69, 9.17) is 0 Å². The molecule has 0 amide bonds. The number of hydrogen-bond donors (Lipinski definition) is 1. The predicted octanol–water partition coefficient (Wildman–Crippen LogP) is 5.12. The molecule has 112 valence electrons. The number of benzene rings is 1. The smallest absolute Gasteiger partial charge is 0.0896 e. The van der Waals surface area contributed by atoms with E-state index in [2.05, 4.69) is 52.8 Å². The lowest BCUT2D eigenvalue weighted by Gasteiger charge is -2.31. The van der Waals surface area contributed by atoms with Crippen molar-refractivity contribution in [2.45, 2.75) is 72.3 Å². The van der Waals surface area contributed by atoms with E-state index in [-0.39, 0.29) is 0 Å². The van der Waals surface area contributed by atoms with Crippen LogP contribution in [0.25, 0.3) is 0 Å². The molecule has 2 rings (SSSR count). The van der Waals surface area contributed by atoms with E-state index in [1.807, 2.05) is 0 Å². The molecule has 1 saturated carbocycles. The van der Waals surface area contributed by atoms with Gasteiger partial charge in [-0.3, -0.25) is 0 Å². The van der Waals surface area contributed by atoms with E-state index in [1.165, 1.54) is 17.5 Å². The van der Waals surface area contributed by atoms with Crippen LogP contribution in [-0.4, -0.2) is 5.11 Å². The zero-order valence-electron chi connectivity index (χ0n) is 13.8. The summed E-state index contributed by atoms with van der Waals surface area (Å²) in [5, 5.41) is 11.2. The number of hydrogen-bond acceptors (Lipinski definition) is 1. The zero-order valence-corrected chi connectivity index (χ0v) is 13.8. The summed E-state index contributed by atoms with van der Waals surface area (Å²) in [6.45, 7) is 11.2. The first-order valence-electron chi connectivity index (χ1n) is 8.02. The molecular weight excluding hydrogens is 244 g/mol. The van der Waals surface area contributed by atoms with Crippen LogP contribution in [0.5, 0.6) is 0 Å². The van der Waals surface area contributed by atoms with Crippen LogP contribution in [0.1, 0.15) is 69.6 Å². The lowest BCUT2D eigenvalue weighted by molar-refractivity contribution is 0.0179. The Morgan fingerprint density at radius 2 is 1.60 bits per heavy atom. The summed E-state index contributed by atoms with van der Waals surface area (Å²) in [4.78, 5) is 0. The maximum Gasteiger partial charge on any atom is 0.0896 e. The van der Waals surface area contributed by atoms with Crippen LogP contribution in [0.4, 0.5) is 0 Å². The van der Waals surface area contributed by atoms with Gasteiger partial charge in [0.05, 0.1) is 5.60 Å². The first kappa shape index (κ1) is 15.6. The monoisotopic (exact) mass is 274 g/mol. The molecule has 0 spiro atoms. The van der Waals surface area contributed by atoms with Crippen molar-refractivity contribution in [1.29, 1.82) is 0 Å². The van der Waals surface area contributed by atoms with E-state index < -0.39 is 5.60 Å². The van der Waals surface area contributed by atoms with Crippen LogP contribution in [0.2, 0.25) is 0 Å². The molecule has 2 unspecified atom stereocenters. The van der Waals surface area contributed by atoms with Crippen molar-refractivity contribution in [3.63, 3.8) is 0 Å². The highest BCUT2D eigenvalue weighted by molar-refractivity contribution is 5.32. The van der Waals surface area contributed by atoms with Gasteiger partial charge in [0.25, 0.3) is 0 Å². The molecule has 0 aliphatic heterocycles. The molecule has 0 bridgehead atoms. The molecule has 0 aromatic heterocycles. The molecule has 1 aliphatic rings. The number of aryl methyl sites for hydroxylation is 2. The summed E-state index contributed by atoms with van der Waals surface area (Å²) < 4.78 is 0. The average Bonchev–Trinajstić information content (AvgIpc) is 2.50. The van der Waals surface area contributed by atoms with E-state index in [9.17, 15) is 5.11 Å². The van der Waals surface area contributed by atoms with E-state index in [1.54, 1.807) is 0 Å². The molecule has 1 aliphatic carbocycles. The van der Waals surface area contributed by atoms with E-state index >= 15 is 0 Å². The number of rotatable bonds is 1. The van der Waals surface area contributed by atoms with Crippen LogP contribution in [-0.2, 0) is 5.60 Å². The molecule has 1 nitrogen and oxygen atoms in total. The van der Waals surface area contributed by atoms with Crippen molar-refractivity contribution in [2.24, 2.45) is 11.3 Å². The summed E-state index contributed by atoms with van der Waals surface area (Å²) in [6.07, 6.45) is 5.31. The minimum absolute atomic E-state index is 0.355. The molecule has 1 N–H and O–H groups in total. The third kappa shape index (κ3) is 3.44. The normalized spacial score (nSPS) is 28.2. The second kappa shape index (κ2) is 5.52. The van der Waals surface area contributed by atoms with Gasteiger partial charge in [0.2, 0.25) is 0 Å². The maximum atomic E-state index is 11.2. The topological polar surface area (TPSA) is 20.2 Å². The fraction of sp³-hybridized carbons (Fsp3) is 0.684. The van der Waals surface area contributed by atoms with Gasteiger partial charge >= 0.3 is 0 Å². The van der Waals surface area contributed by atoms with E-state index in [0.717, 1.165) is 37.2 Å². The lowest BCUT2D eigenvalue weighted by atomic mass is 9.76. The Morgan fingerprint density at radius 1 is 1.00 bits per heavy atom. The minimum atomic E-state index is -0.614. The molecule has 20 heavy (non-hydrogen) atoms. The standard InChI is InChI=1S/C19H30O/c1-14-11-15(2)13-17(12-14)19(20)9-6-7-16(8-10-19)18(3,4)5/h11-13,16,20H,6-10H2,1-5H3. The third-order valence-electron chi connectivity index (χ3n) is 5.03. The van der Waals surface area contributed by atoms with Crippen molar-refractivity contribution < 1.29 is 5.11 Å². The third-order valence-corrected chi connectivity index (χ3v) is 5.03.